The second kappa shape index (κ2) is 12.3. The Morgan fingerprint density at radius 3 is 2.24 bits per heavy atom. The number of carbonyl (C=O) groups excluding carboxylic acids is 1. The molecule has 1 aromatic carbocycles. The topological polar surface area (TPSA) is 68.8 Å². The average Bonchev–Trinajstić information content (AvgIpc) is 2.62. The zero-order valence-corrected chi connectivity index (χ0v) is 16.0. The minimum atomic E-state index is -0.0191. The molecule has 0 saturated heterocycles. The van der Waals surface area contributed by atoms with Crippen LogP contribution in [-0.2, 0) is 4.79 Å². The molecule has 1 aromatic rings. The van der Waals surface area contributed by atoms with Gasteiger partial charge in [-0.25, -0.2) is 0 Å². The number of likely N-dealkylation sites (N-methyl/N-ethyl adjacent to an activating group) is 1. The van der Waals surface area contributed by atoms with Crippen molar-refractivity contribution in [1.82, 2.24) is 20.9 Å². The monoisotopic (exact) mass is 347 g/mol. The number of nitrogens with one attached hydrogen (secondary N) is 3. The zero-order chi connectivity index (χ0) is 18.5. The van der Waals surface area contributed by atoms with Crippen molar-refractivity contribution in [2.24, 2.45) is 4.99 Å². The summed E-state index contributed by atoms with van der Waals surface area (Å²) >= 11 is 0. The molecule has 0 radical (unpaired) electrons. The van der Waals surface area contributed by atoms with Crippen LogP contribution in [0.25, 0.3) is 0 Å². The van der Waals surface area contributed by atoms with Crippen molar-refractivity contribution in [1.29, 1.82) is 0 Å². The fourth-order valence-corrected chi connectivity index (χ4v) is 2.71. The maximum atomic E-state index is 10.9. The van der Waals surface area contributed by atoms with Crippen LogP contribution in [0.15, 0.2) is 35.3 Å². The van der Waals surface area contributed by atoms with Crippen molar-refractivity contribution in [2.45, 2.75) is 33.7 Å². The SMILES string of the molecule is CCNC(=NCC(c1ccccc1)N(CC)CC)NCCNC(C)=O. The molecule has 6 heteroatoms. The van der Waals surface area contributed by atoms with Gasteiger partial charge in [0.1, 0.15) is 0 Å². The van der Waals surface area contributed by atoms with Crippen molar-refractivity contribution in [3.8, 4) is 0 Å². The highest BCUT2D eigenvalue weighted by molar-refractivity contribution is 5.79. The third-order valence-corrected chi connectivity index (χ3v) is 4.00. The average molecular weight is 348 g/mol. The Hall–Kier alpha value is -2.08. The van der Waals surface area contributed by atoms with E-state index >= 15 is 0 Å². The Kier molecular flexibility index (Phi) is 10.3. The summed E-state index contributed by atoms with van der Waals surface area (Å²) in [5.41, 5.74) is 1.28. The first-order chi connectivity index (χ1) is 12.1. The Balaban J connectivity index is 2.77. The highest BCUT2D eigenvalue weighted by atomic mass is 16.1. The number of benzene rings is 1. The number of guanidine groups is 1. The lowest BCUT2D eigenvalue weighted by molar-refractivity contribution is -0.118. The van der Waals surface area contributed by atoms with Crippen LogP contribution in [0, 0.1) is 0 Å². The predicted octanol–water partition coefficient (Wildman–Crippen LogP) is 1.76. The second-order valence-electron chi connectivity index (χ2n) is 5.78. The number of rotatable bonds is 10. The van der Waals surface area contributed by atoms with E-state index in [1.807, 2.05) is 13.0 Å². The first-order valence-corrected chi connectivity index (χ1v) is 9.17. The standard InChI is InChI=1S/C19H33N5O/c1-5-20-19(22-14-13-21-16(4)25)23-15-18(24(6-2)7-3)17-11-9-8-10-12-17/h8-12,18H,5-7,13-15H2,1-4H3,(H,21,25)(H2,20,22,23). The van der Waals surface area contributed by atoms with E-state index in [1.165, 1.54) is 12.5 Å². The van der Waals surface area contributed by atoms with E-state index in [0.29, 0.717) is 19.6 Å². The molecule has 6 nitrogen and oxygen atoms in total. The number of aliphatic imine (C=N–C) groups is 1. The van der Waals surface area contributed by atoms with Gasteiger partial charge in [-0.1, -0.05) is 44.2 Å². The van der Waals surface area contributed by atoms with Gasteiger partial charge >= 0.3 is 0 Å². The molecule has 3 N–H and O–H groups in total. The van der Waals surface area contributed by atoms with Gasteiger partial charge in [-0.15, -0.1) is 0 Å². The van der Waals surface area contributed by atoms with Gasteiger partial charge in [0.15, 0.2) is 5.96 Å². The highest BCUT2D eigenvalue weighted by Gasteiger charge is 2.17. The molecule has 1 unspecified atom stereocenters. The van der Waals surface area contributed by atoms with Gasteiger partial charge in [0.2, 0.25) is 5.91 Å². The molecule has 0 aliphatic heterocycles. The van der Waals surface area contributed by atoms with Crippen molar-refractivity contribution >= 4 is 11.9 Å². The van der Waals surface area contributed by atoms with Crippen LogP contribution in [0.5, 0.6) is 0 Å². The van der Waals surface area contributed by atoms with Gasteiger partial charge in [0, 0.05) is 26.6 Å². The summed E-state index contributed by atoms with van der Waals surface area (Å²) in [6.07, 6.45) is 0. The Bertz CT molecular complexity index is 514. The number of hydrogen-bond acceptors (Lipinski definition) is 3. The molecule has 0 heterocycles. The van der Waals surface area contributed by atoms with Gasteiger partial charge in [0.05, 0.1) is 12.6 Å². The molecule has 0 aliphatic rings. The molecule has 25 heavy (non-hydrogen) atoms. The molecular weight excluding hydrogens is 314 g/mol. The first kappa shape index (κ1) is 21.0. The fourth-order valence-electron chi connectivity index (χ4n) is 2.71. The molecule has 1 amide bonds. The lowest BCUT2D eigenvalue weighted by Crippen LogP contribution is -2.42. The normalized spacial score (nSPS) is 12.8. The minimum Gasteiger partial charge on any atom is -0.357 e. The van der Waals surface area contributed by atoms with E-state index in [0.717, 1.165) is 25.6 Å². The maximum absolute atomic E-state index is 10.9. The number of amides is 1. The summed E-state index contributed by atoms with van der Waals surface area (Å²) in [5, 5.41) is 9.30. The van der Waals surface area contributed by atoms with Crippen LogP contribution in [0.2, 0.25) is 0 Å². The van der Waals surface area contributed by atoms with Crippen LogP contribution in [0.3, 0.4) is 0 Å². The molecular formula is C19H33N5O. The van der Waals surface area contributed by atoms with E-state index in [4.69, 9.17) is 4.99 Å². The third-order valence-electron chi connectivity index (χ3n) is 4.00. The van der Waals surface area contributed by atoms with Crippen molar-refractivity contribution in [3.63, 3.8) is 0 Å². The third kappa shape index (κ3) is 8.03. The van der Waals surface area contributed by atoms with Gasteiger partial charge in [-0.3, -0.25) is 14.7 Å². The summed E-state index contributed by atoms with van der Waals surface area (Å²) < 4.78 is 0. The van der Waals surface area contributed by atoms with Crippen LogP contribution >= 0.6 is 0 Å². The van der Waals surface area contributed by atoms with Crippen molar-refractivity contribution in [2.75, 3.05) is 39.3 Å². The van der Waals surface area contributed by atoms with Gasteiger partial charge in [-0.05, 0) is 25.6 Å². The Morgan fingerprint density at radius 2 is 1.68 bits per heavy atom. The molecule has 0 saturated carbocycles. The van der Waals surface area contributed by atoms with E-state index in [1.54, 1.807) is 0 Å². The molecule has 0 aromatic heterocycles. The predicted molar refractivity (Wildman–Crippen MR) is 105 cm³/mol. The minimum absolute atomic E-state index is 0.0191. The maximum Gasteiger partial charge on any atom is 0.216 e. The van der Waals surface area contributed by atoms with E-state index in [-0.39, 0.29) is 11.9 Å². The number of carbonyl (C=O) groups is 1. The van der Waals surface area contributed by atoms with Crippen LogP contribution < -0.4 is 16.0 Å². The Labute approximate surface area is 152 Å². The van der Waals surface area contributed by atoms with E-state index in [9.17, 15) is 4.79 Å². The summed E-state index contributed by atoms with van der Waals surface area (Å²) in [4.78, 5) is 18.1. The molecule has 1 atom stereocenters. The first-order valence-electron chi connectivity index (χ1n) is 9.17. The summed E-state index contributed by atoms with van der Waals surface area (Å²) in [7, 11) is 0. The molecule has 0 spiro atoms. The largest absolute Gasteiger partial charge is 0.357 e. The quantitative estimate of drug-likeness (QED) is 0.343. The molecule has 0 fully saturated rings. The fraction of sp³-hybridized carbons (Fsp3) is 0.579. The van der Waals surface area contributed by atoms with Gasteiger partial charge < -0.3 is 16.0 Å². The summed E-state index contributed by atoms with van der Waals surface area (Å²) in [6, 6.07) is 10.8. The van der Waals surface area contributed by atoms with E-state index in [2.05, 4.69) is 59.0 Å². The molecule has 1 rings (SSSR count). The van der Waals surface area contributed by atoms with Crippen LogP contribution in [0.1, 0.15) is 39.3 Å². The molecule has 140 valence electrons. The van der Waals surface area contributed by atoms with Gasteiger partial charge in [0.25, 0.3) is 0 Å². The molecule has 0 aliphatic carbocycles. The van der Waals surface area contributed by atoms with E-state index < -0.39 is 0 Å². The lowest BCUT2D eigenvalue weighted by atomic mass is 10.1. The zero-order valence-electron chi connectivity index (χ0n) is 16.0. The summed E-state index contributed by atoms with van der Waals surface area (Å²) in [5.74, 6) is 0.760. The van der Waals surface area contributed by atoms with Crippen molar-refractivity contribution in [3.05, 3.63) is 35.9 Å². The summed E-state index contributed by atoms with van der Waals surface area (Å²) in [6.45, 7) is 12.6. The van der Waals surface area contributed by atoms with Crippen LogP contribution in [0.4, 0.5) is 0 Å². The smallest absolute Gasteiger partial charge is 0.216 e. The Morgan fingerprint density at radius 1 is 1.04 bits per heavy atom. The molecule has 0 bridgehead atoms. The lowest BCUT2D eigenvalue weighted by Gasteiger charge is -2.29. The van der Waals surface area contributed by atoms with Crippen molar-refractivity contribution < 1.29 is 4.79 Å². The number of hydrogen-bond donors (Lipinski definition) is 3. The van der Waals surface area contributed by atoms with Gasteiger partial charge in [-0.2, -0.15) is 0 Å². The van der Waals surface area contributed by atoms with Crippen LogP contribution in [-0.4, -0.2) is 56.0 Å². The highest BCUT2D eigenvalue weighted by Crippen LogP contribution is 2.20. The second-order valence-corrected chi connectivity index (χ2v) is 5.78. The number of nitrogens with zero attached hydrogens (tertiary/aromatic N) is 2.